The highest BCUT2D eigenvalue weighted by Gasteiger charge is 2.23. The molecule has 0 fully saturated rings. The average molecular weight is 311 g/mol. The van der Waals surface area contributed by atoms with Gasteiger partial charge in [0.15, 0.2) is 17.3 Å². The van der Waals surface area contributed by atoms with Crippen LogP contribution >= 0.6 is 0 Å². The van der Waals surface area contributed by atoms with E-state index in [9.17, 15) is 10.1 Å². The average Bonchev–Trinajstić information content (AvgIpc) is 2.62. The van der Waals surface area contributed by atoms with Crippen LogP contribution < -0.4 is 14.2 Å². The second-order valence-electron chi connectivity index (χ2n) is 4.77. The molecule has 0 aromatic heterocycles. The van der Waals surface area contributed by atoms with Crippen LogP contribution in [0.1, 0.15) is 21.8 Å². The van der Waals surface area contributed by atoms with Crippen LogP contribution in [-0.4, -0.2) is 27.1 Å². The van der Waals surface area contributed by atoms with E-state index in [0.29, 0.717) is 28.4 Å². The quantitative estimate of drug-likeness (QED) is 0.766. The Morgan fingerprint density at radius 1 is 1.00 bits per heavy atom. The maximum Gasteiger partial charge on any atom is 0.184 e. The van der Waals surface area contributed by atoms with Crippen LogP contribution in [0.2, 0.25) is 0 Å². The highest BCUT2D eigenvalue weighted by Crippen LogP contribution is 2.32. The van der Waals surface area contributed by atoms with Crippen LogP contribution in [0.3, 0.4) is 0 Å². The lowest BCUT2D eigenvalue weighted by molar-refractivity contribution is 0.0978. The summed E-state index contributed by atoms with van der Waals surface area (Å²) >= 11 is 0. The summed E-state index contributed by atoms with van der Waals surface area (Å²) in [5, 5.41) is 9.45. The minimum atomic E-state index is -0.929. The number of benzene rings is 2. The number of rotatable bonds is 6. The first-order chi connectivity index (χ1) is 11.1. The molecule has 0 heterocycles. The predicted molar refractivity (Wildman–Crippen MR) is 85.2 cm³/mol. The summed E-state index contributed by atoms with van der Waals surface area (Å²) in [6.45, 7) is 0. The molecule has 0 aliphatic heterocycles. The molecule has 0 bridgehead atoms. The second-order valence-corrected chi connectivity index (χ2v) is 4.77. The van der Waals surface area contributed by atoms with E-state index >= 15 is 0 Å². The van der Waals surface area contributed by atoms with Gasteiger partial charge in [-0.15, -0.1) is 0 Å². The van der Waals surface area contributed by atoms with Crippen molar-refractivity contribution in [1.82, 2.24) is 0 Å². The lowest BCUT2D eigenvalue weighted by atomic mass is 9.91. The number of hydrogen-bond donors (Lipinski definition) is 0. The van der Waals surface area contributed by atoms with Gasteiger partial charge in [0.05, 0.1) is 27.4 Å². The standard InChI is InChI=1S/C18H17NO4/c1-21-14-6-4-5-13(9-14)18(20)15(11-19)12-7-8-16(22-2)17(10-12)23-3/h4-10,15H,1-3H3. The van der Waals surface area contributed by atoms with Crippen molar-refractivity contribution in [1.29, 1.82) is 5.26 Å². The van der Waals surface area contributed by atoms with Gasteiger partial charge in [-0.2, -0.15) is 5.26 Å². The van der Waals surface area contributed by atoms with Crippen molar-refractivity contribution < 1.29 is 19.0 Å². The van der Waals surface area contributed by atoms with Gasteiger partial charge in [-0.3, -0.25) is 4.79 Å². The zero-order valence-corrected chi connectivity index (χ0v) is 13.2. The molecule has 0 saturated carbocycles. The van der Waals surface area contributed by atoms with Crippen LogP contribution in [0.5, 0.6) is 17.2 Å². The molecular formula is C18H17NO4. The van der Waals surface area contributed by atoms with Crippen molar-refractivity contribution in [2.24, 2.45) is 0 Å². The molecule has 0 aliphatic rings. The molecular weight excluding hydrogens is 294 g/mol. The highest BCUT2D eigenvalue weighted by molar-refractivity contribution is 6.03. The number of carbonyl (C=O) groups is 1. The molecule has 2 aromatic rings. The number of methoxy groups -OCH3 is 3. The number of Topliss-reactive ketones (excluding diaryl/α,β-unsaturated/α-hetero) is 1. The molecule has 2 aromatic carbocycles. The Kier molecular flexibility index (Phi) is 5.21. The normalized spacial score (nSPS) is 11.2. The van der Waals surface area contributed by atoms with E-state index in [4.69, 9.17) is 14.2 Å². The summed E-state index contributed by atoms with van der Waals surface area (Å²) in [6.07, 6.45) is 0. The molecule has 0 aliphatic carbocycles. The smallest absolute Gasteiger partial charge is 0.184 e. The zero-order valence-electron chi connectivity index (χ0n) is 13.2. The Morgan fingerprint density at radius 2 is 1.74 bits per heavy atom. The number of carbonyl (C=O) groups excluding carboxylic acids is 1. The first kappa shape index (κ1) is 16.4. The molecule has 23 heavy (non-hydrogen) atoms. The third kappa shape index (κ3) is 3.43. The maximum absolute atomic E-state index is 12.6. The first-order valence-electron chi connectivity index (χ1n) is 6.94. The van der Waals surface area contributed by atoms with Crippen molar-refractivity contribution >= 4 is 5.78 Å². The Hall–Kier alpha value is -3.00. The SMILES string of the molecule is COc1cccc(C(=O)C(C#N)c2ccc(OC)c(OC)c2)c1. The fraction of sp³-hybridized carbons (Fsp3) is 0.222. The van der Waals surface area contributed by atoms with Crippen molar-refractivity contribution in [2.45, 2.75) is 5.92 Å². The van der Waals surface area contributed by atoms with Crippen LogP contribution in [0, 0.1) is 11.3 Å². The van der Waals surface area contributed by atoms with Crippen LogP contribution in [0.25, 0.3) is 0 Å². The van der Waals surface area contributed by atoms with Crippen molar-refractivity contribution in [2.75, 3.05) is 21.3 Å². The summed E-state index contributed by atoms with van der Waals surface area (Å²) in [5.74, 6) is 0.367. The van der Waals surface area contributed by atoms with Gasteiger partial charge >= 0.3 is 0 Å². The van der Waals surface area contributed by atoms with Gasteiger partial charge in [-0.1, -0.05) is 18.2 Å². The van der Waals surface area contributed by atoms with Gasteiger partial charge in [-0.25, -0.2) is 0 Å². The van der Waals surface area contributed by atoms with Crippen molar-refractivity contribution in [3.8, 4) is 23.3 Å². The largest absolute Gasteiger partial charge is 0.497 e. The third-order valence-corrected chi connectivity index (χ3v) is 3.49. The number of nitrogens with zero attached hydrogens (tertiary/aromatic N) is 1. The van der Waals surface area contributed by atoms with Gasteiger partial charge in [0.2, 0.25) is 0 Å². The Labute approximate surface area is 135 Å². The molecule has 0 amide bonds. The summed E-state index contributed by atoms with van der Waals surface area (Å²) in [7, 11) is 4.56. The lowest BCUT2D eigenvalue weighted by Gasteiger charge is -2.13. The molecule has 0 N–H and O–H groups in total. The van der Waals surface area contributed by atoms with Gasteiger partial charge < -0.3 is 14.2 Å². The molecule has 5 nitrogen and oxygen atoms in total. The number of hydrogen-bond acceptors (Lipinski definition) is 5. The fourth-order valence-corrected chi connectivity index (χ4v) is 2.26. The predicted octanol–water partition coefficient (Wildman–Crippen LogP) is 3.20. The molecule has 0 spiro atoms. The Balaban J connectivity index is 2.39. The zero-order chi connectivity index (χ0) is 16.8. The number of ketones is 1. The highest BCUT2D eigenvalue weighted by atomic mass is 16.5. The van der Waals surface area contributed by atoms with Gasteiger partial charge in [0.25, 0.3) is 0 Å². The summed E-state index contributed by atoms with van der Waals surface area (Å²) < 4.78 is 15.5. The topological polar surface area (TPSA) is 68.6 Å². The van der Waals surface area contributed by atoms with Crippen molar-refractivity contribution in [3.63, 3.8) is 0 Å². The van der Waals surface area contributed by atoms with Gasteiger partial charge in [0, 0.05) is 5.56 Å². The number of nitriles is 1. The third-order valence-electron chi connectivity index (χ3n) is 3.49. The summed E-state index contributed by atoms with van der Waals surface area (Å²) in [4.78, 5) is 12.6. The molecule has 1 unspecified atom stereocenters. The van der Waals surface area contributed by atoms with E-state index < -0.39 is 5.92 Å². The Bertz CT molecular complexity index is 749. The minimum absolute atomic E-state index is 0.293. The van der Waals surface area contributed by atoms with Crippen LogP contribution in [0.4, 0.5) is 0 Å². The molecule has 5 heteroatoms. The minimum Gasteiger partial charge on any atom is -0.497 e. The van der Waals surface area contributed by atoms with E-state index in [1.807, 2.05) is 0 Å². The molecule has 1 atom stereocenters. The van der Waals surface area contributed by atoms with E-state index in [0.717, 1.165) is 0 Å². The molecule has 2 rings (SSSR count). The molecule has 0 radical (unpaired) electrons. The maximum atomic E-state index is 12.6. The van der Waals surface area contributed by atoms with Crippen molar-refractivity contribution in [3.05, 3.63) is 53.6 Å². The fourth-order valence-electron chi connectivity index (χ4n) is 2.26. The molecule has 0 saturated heterocycles. The first-order valence-corrected chi connectivity index (χ1v) is 6.94. The van der Waals surface area contributed by atoms with E-state index in [2.05, 4.69) is 6.07 Å². The van der Waals surface area contributed by atoms with E-state index in [1.54, 1.807) is 42.5 Å². The van der Waals surface area contributed by atoms with Gasteiger partial charge in [-0.05, 0) is 29.8 Å². The molecule has 118 valence electrons. The van der Waals surface area contributed by atoms with Gasteiger partial charge in [0.1, 0.15) is 11.7 Å². The van der Waals surface area contributed by atoms with Crippen LogP contribution in [0.15, 0.2) is 42.5 Å². The van der Waals surface area contributed by atoms with E-state index in [1.165, 1.54) is 21.3 Å². The van der Waals surface area contributed by atoms with Crippen LogP contribution in [-0.2, 0) is 0 Å². The monoisotopic (exact) mass is 311 g/mol. The summed E-state index contributed by atoms with van der Waals surface area (Å²) in [5.41, 5.74) is 0.976. The van der Waals surface area contributed by atoms with E-state index in [-0.39, 0.29) is 5.78 Å². The Morgan fingerprint density at radius 3 is 2.35 bits per heavy atom. The second kappa shape index (κ2) is 7.32. The summed E-state index contributed by atoms with van der Waals surface area (Å²) in [6, 6.07) is 13.8. The lowest BCUT2D eigenvalue weighted by Crippen LogP contribution is -2.11. The number of ether oxygens (including phenoxy) is 3.